The van der Waals surface area contributed by atoms with Crippen molar-refractivity contribution in [2.45, 2.75) is 24.3 Å². The van der Waals surface area contributed by atoms with Crippen LogP contribution in [0, 0.1) is 0 Å². The molecule has 0 aliphatic heterocycles. The third-order valence-corrected chi connectivity index (χ3v) is 6.21. The van der Waals surface area contributed by atoms with Crippen molar-refractivity contribution in [2.75, 3.05) is 12.4 Å². The van der Waals surface area contributed by atoms with Gasteiger partial charge in [0.15, 0.2) is 16.8 Å². The first-order chi connectivity index (χ1) is 16.5. The highest BCUT2D eigenvalue weighted by molar-refractivity contribution is 8.00. The topological polar surface area (TPSA) is 86.1 Å². The zero-order valence-electron chi connectivity index (χ0n) is 19.1. The lowest BCUT2D eigenvalue weighted by molar-refractivity contribution is -0.115. The lowest BCUT2D eigenvalue weighted by Gasteiger charge is -2.14. The number of amides is 1. The van der Waals surface area contributed by atoms with Gasteiger partial charge in [-0.05, 0) is 50.2 Å². The summed E-state index contributed by atoms with van der Waals surface area (Å²) in [6, 6.07) is 24.3. The van der Waals surface area contributed by atoms with E-state index in [1.165, 1.54) is 18.7 Å². The van der Waals surface area contributed by atoms with Gasteiger partial charge in [0, 0.05) is 22.5 Å². The Balaban J connectivity index is 1.62. The summed E-state index contributed by atoms with van der Waals surface area (Å²) in [6.45, 7) is 3.31. The van der Waals surface area contributed by atoms with Gasteiger partial charge in [0.25, 0.3) is 0 Å². The Morgan fingerprint density at radius 3 is 2.47 bits per heavy atom. The lowest BCUT2D eigenvalue weighted by Crippen LogP contribution is -2.23. The van der Waals surface area contributed by atoms with E-state index in [2.05, 4.69) is 15.5 Å². The maximum atomic E-state index is 12.9. The first-order valence-electron chi connectivity index (χ1n) is 10.7. The number of carbonyl (C=O) groups is 2. The molecule has 0 aliphatic rings. The number of hydrogen-bond acceptors (Lipinski definition) is 6. The van der Waals surface area contributed by atoms with Gasteiger partial charge in [-0.15, -0.1) is 10.2 Å². The van der Waals surface area contributed by atoms with Crippen LogP contribution in [0.15, 0.2) is 84.0 Å². The fourth-order valence-electron chi connectivity index (χ4n) is 3.38. The normalized spacial score (nSPS) is 11.6. The van der Waals surface area contributed by atoms with E-state index < -0.39 is 5.25 Å². The average molecular weight is 473 g/mol. The van der Waals surface area contributed by atoms with Crippen molar-refractivity contribution < 1.29 is 14.3 Å². The molecule has 7 nitrogen and oxygen atoms in total. The number of Topliss-reactive ketones (excluding diaryl/α,β-unsaturated/α-hetero) is 1. The molecule has 0 saturated heterocycles. The molecule has 1 unspecified atom stereocenters. The summed E-state index contributed by atoms with van der Waals surface area (Å²) in [4.78, 5) is 24.6. The van der Waals surface area contributed by atoms with Crippen molar-refractivity contribution in [3.05, 3.63) is 84.4 Å². The number of ether oxygens (including phenoxy) is 1. The van der Waals surface area contributed by atoms with Crippen LogP contribution in [0.3, 0.4) is 0 Å². The maximum Gasteiger partial charge on any atom is 0.237 e. The number of ketones is 1. The van der Waals surface area contributed by atoms with E-state index in [0.717, 1.165) is 17.0 Å². The number of carbonyl (C=O) groups excluding carboxylic acids is 2. The molecule has 0 spiro atoms. The molecule has 0 bridgehead atoms. The number of methoxy groups -OCH3 is 1. The van der Waals surface area contributed by atoms with Gasteiger partial charge in [0.2, 0.25) is 5.91 Å². The Kier molecular flexibility index (Phi) is 7.08. The molecule has 3 aromatic carbocycles. The molecule has 0 radical (unpaired) electrons. The Morgan fingerprint density at radius 1 is 0.971 bits per heavy atom. The van der Waals surface area contributed by atoms with Crippen molar-refractivity contribution in [1.82, 2.24) is 14.8 Å². The number of nitrogens with zero attached hydrogens (tertiary/aromatic N) is 3. The Hall–Kier alpha value is -3.91. The molecular formula is C26H24N4O3S. The quantitative estimate of drug-likeness (QED) is 0.278. The molecule has 1 heterocycles. The zero-order chi connectivity index (χ0) is 24.1. The first kappa shape index (κ1) is 23.3. The van der Waals surface area contributed by atoms with Crippen LogP contribution in [0.4, 0.5) is 5.69 Å². The summed E-state index contributed by atoms with van der Waals surface area (Å²) < 4.78 is 7.30. The molecule has 0 saturated carbocycles. The monoisotopic (exact) mass is 472 g/mol. The van der Waals surface area contributed by atoms with E-state index in [1.54, 1.807) is 31.4 Å². The molecule has 4 aromatic rings. The van der Waals surface area contributed by atoms with Crippen molar-refractivity contribution in [2.24, 2.45) is 0 Å². The largest absolute Gasteiger partial charge is 0.497 e. The van der Waals surface area contributed by atoms with Gasteiger partial charge in [0.05, 0.1) is 12.4 Å². The van der Waals surface area contributed by atoms with Crippen LogP contribution in [-0.4, -0.2) is 38.8 Å². The summed E-state index contributed by atoms with van der Waals surface area (Å²) in [5, 5.41) is 11.8. The van der Waals surface area contributed by atoms with Gasteiger partial charge < -0.3 is 10.1 Å². The van der Waals surface area contributed by atoms with E-state index >= 15 is 0 Å². The smallest absolute Gasteiger partial charge is 0.237 e. The van der Waals surface area contributed by atoms with E-state index in [0.29, 0.717) is 22.2 Å². The minimum absolute atomic E-state index is 0.0560. The van der Waals surface area contributed by atoms with Crippen molar-refractivity contribution >= 4 is 29.1 Å². The number of benzene rings is 3. The van der Waals surface area contributed by atoms with E-state index in [9.17, 15) is 9.59 Å². The number of para-hydroxylation sites is 1. The fourth-order valence-corrected chi connectivity index (χ4v) is 4.24. The fraction of sp³-hybridized carbons (Fsp3) is 0.154. The standard InChI is InChI=1S/C26H24N4O3S/c1-17(31)19-9-7-11-21(15-19)27-25(32)18(2)34-26-29-28-24(20-10-8-14-23(16-20)33-3)30(26)22-12-5-4-6-13-22/h4-16,18H,1-3H3,(H,27,32). The van der Waals surface area contributed by atoms with Crippen LogP contribution in [0.25, 0.3) is 17.1 Å². The van der Waals surface area contributed by atoms with Crippen molar-refractivity contribution in [3.8, 4) is 22.8 Å². The van der Waals surface area contributed by atoms with E-state index in [-0.39, 0.29) is 11.7 Å². The van der Waals surface area contributed by atoms with Crippen LogP contribution in [0.2, 0.25) is 0 Å². The van der Waals surface area contributed by atoms with Crippen LogP contribution in [-0.2, 0) is 4.79 Å². The summed E-state index contributed by atoms with van der Waals surface area (Å²) in [6.07, 6.45) is 0. The average Bonchev–Trinajstić information content (AvgIpc) is 3.28. The summed E-state index contributed by atoms with van der Waals surface area (Å²) in [5.74, 6) is 1.11. The van der Waals surface area contributed by atoms with Crippen LogP contribution in [0.1, 0.15) is 24.2 Å². The number of nitrogens with one attached hydrogen (secondary N) is 1. The van der Waals surface area contributed by atoms with Gasteiger partial charge in [-0.3, -0.25) is 14.2 Å². The number of thioether (sulfide) groups is 1. The number of anilines is 1. The lowest BCUT2D eigenvalue weighted by atomic mass is 10.1. The molecule has 1 amide bonds. The van der Waals surface area contributed by atoms with E-state index in [4.69, 9.17) is 4.74 Å². The van der Waals surface area contributed by atoms with Gasteiger partial charge in [-0.2, -0.15) is 0 Å². The molecule has 0 aliphatic carbocycles. The zero-order valence-corrected chi connectivity index (χ0v) is 19.9. The molecule has 1 N–H and O–H groups in total. The van der Waals surface area contributed by atoms with Gasteiger partial charge in [0.1, 0.15) is 5.75 Å². The Morgan fingerprint density at radius 2 is 1.74 bits per heavy atom. The maximum absolute atomic E-state index is 12.9. The van der Waals surface area contributed by atoms with Gasteiger partial charge in [-0.25, -0.2) is 0 Å². The molecule has 1 aromatic heterocycles. The summed E-state index contributed by atoms with van der Waals surface area (Å²) >= 11 is 1.31. The molecule has 34 heavy (non-hydrogen) atoms. The van der Waals surface area contributed by atoms with Crippen LogP contribution in [0.5, 0.6) is 5.75 Å². The highest BCUT2D eigenvalue weighted by Crippen LogP contribution is 2.31. The second-order valence-electron chi connectivity index (χ2n) is 7.60. The first-order valence-corrected chi connectivity index (χ1v) is 11.6. The number of hydrogen-bond donors (Lipinski definition) is 1. The third-order valence-electron chi connectivity index (χ3n) is 5.16. The summed E-state index contributed by atoms with van der Waals surface area (Å²) in [7, 11) is 1.62. The van der Waals surface area contributed by atoms with Crippen LogP contribution < -0.4 is 10.1 Å². The molecule has 4 rings (SSSR count). The second kappa shape index (κ2) is 10.4. The van der Waals surface area contributed by atoms with Crippen molar-refractivity contribution in [1.29, 1.82) is 0 Å². The molecule has 172 valence electrons. The number of aromatic nitrogens is 3. The minimum Gasteiger partial charge on any atom is -0.497 e. The molecular weight excluding hydrogens is 448 g/mol. The minimum atomic E-state index is -0.467. The van der Waals surface area contributed by atoms with Crippen molar-refractivity contribution in [3.63, 3.8) is 0 Å². The summed E-state index contributed by atoms with van der Waals surface area (Å²) in [5.41, 5.74) is 2.85. The molecule has 1 atom stereocenters. The SMILES string of the molecule is COc1cccc(-c2nnc(SC(C)C(=O)Nc3cccc(C(C)=O)c3)n2-c2ccccc2)c1. The predicted octanol–water partition coefficient (Wildman–Crippen LogP) is 5.26. The molecule has 0 fully saturated rings. The second-order valence-corrected chi connectivity index (χ2v) is 8.90. The third kappa shape index (κ3) is 5.18. The predicted molar refractivity (Wildman–Crippen MR) is 134 cm³/mol. The van der Waals surface area contributed by atoms with Crippen LogP contribution >= 0.6 is 11.8 Å². The van der Waals surface area contributed by atoms with Gasteiger partial charge >= 0.3 is 0 Å². The Bertz CT molecular complexity index is 1320. The number of rotatable bonds is 8. The highest BCUT2D eigenvalue weighted by atomic mass is 32.2. The highest BCUT2D eigenvalue weighted by Gasteiger charge is 2.22. The van der Waals surface area contributed by atoms with Gasteiger partial charge in [-0.1, -0.05) is 54.2 Å². The molecule has 8 heteroatoms. The van der Waals surface area contributed by atoms with E-state index in [1.807, 2.05) is 66.1 Å². The Labute approximate surface area is 202 Å².